The van der Waals surface area contributed by atoms with Crippen molar-refractivity contribution in [3.63, 3.8) is 0 Å². The van der Waals surface area contributed by atoms with Gasteiger partial charge in [0.15, 0.2) is 0 Å². The van der Waals surface area contributed by atoms with Gasteiger partial charge in [-0.25, -0.2) is 9.97 Å². The number of aromatic amines is 1. The van der Waals surface area contributed by atoms with E-state index in [1.165, 1.54) is 24.0 Å². The third kappa shape index (κ3) is 5.83. The Morgan fingerprint density at radius 2 is 1.79 bits per heavy atom. The third-order valence-corrected chi connectivity index (χ3v) is 9.73. The van der Waals surface area contributed by atoms with Crippen LogP contribution in [0.4, 0.5) is 5.69 Å². The number of hydrogen-bond donors (Lipinski definition) is 1. The number of ether oxygens (including phenoxy) is 1. The van der Waals surface area contributed by atoms with Crippen LogP contribution in [0, 0.1) is 6.92 Å². The molecule has 2 fully saturated rings. The average molecular weight is 624 g/mol. The van der Waals surface area contributed by atoms with Crippen LogP contribution in [0.15, 0.2) is 73.1 Å². The molecule has 2 aliphatic heterocycles. The molecule has 1 aliphatic carbocycles. The van der Waals surface area contributed by atoms with Crippen molar-refractivity contribution in [1.29, 1.82) is 0 Å². The fourth-order valence-corrected chi connectivity index (χ4v) is 6.92. The lowest BCUT2D eigenvalue weighted by Gasteiger charge is -2.33. The Morgan fingerprint density at radius 1 is 0.957 bits per heavy atom. The van der Waals surface area contributed by atoms with Crippen molar-refractivity contribution < 1.29 is 14.3 Å². The van der Waals surface area contributed by atoms with Gasteiger partial charge in [-0.3, -0.25) is 9.69 Å². The van der Waals surface area contributed by atoms with Gasteiger partial charge in [-0.15, -0.1) is 0 Å². The lowest BCUT2D eigenvalue weighted by molar-refractivity contribution is 0.0989. The van der Waals surface area contributed by atoms with Crippen molar-refractivity contribution >= 4 is 36.2 Å². The second-order valence-corrected chi connectivity index (χ2v) is 12.7. The van der Waals surface area contributed by atoms with Crippen LogP contribution in [-0.4, -0.2) is 83.5 Å². The summed E-state index contributed by atoms with van der Waals surface area (Å²) in [6.45, 7) is 7.45. The minimum atomic E-state index is -0.0426. The molecule has 0 atom stereocenters. The molecule has 8 rings (SSSR count). The normalized spacial score (nSPS) is 17.3. The van der Waals surface area contributed by atoms with Crippen molar-refractivity contribution in [2.24, 2.45) is 0 Å². The first-order valence-corrected chi connectivity index (χ1v) is 16.4. The Labute approximate surface area is 274 Å². The first kappa shape index (κ1) is 29.6. The summed E-state index contributed by atoms with van der Waals surface area (Å²) in [7, 11) is 1.63. The van der Waals surface area contributed by atoms with Gasteiger partial charge in [0.1, 0.15) is 24.3 Å². The number of anilines is 1. The Kier molecular flexibility index (Phi) is 7.83. The minimum Gasteiger partial charge on any atom is -0.491 e. The van der Waals surface area contributed by atoms with E-state index in [0.29, 0.717) is 30.4 Å². The smallest absolute Gasteiger partial charge is 0.293 e. The number of nitrogens with one attached hydrogen (secondary N) is 1. The summed E-state index contributed by atoms with van der Waals surface area (Å²) >= 11 is 0. The maximum Gasteiger partial charge on any atom is 0.293 e. The van der Waals surface area contributed by atoms with Crippen molar-refractivity contribution in [2.45, 2.75) is 32.2 Å². The SMILES string of the molecule is Cc1c(-c2ncnc3[nH]c(-c4ccc(CN5CCN([B]C=O)CC5)cc4)cc23)cccc1N1CCOc2cc(C3CC3)ccc2C1=O. The van der Waals surface area contributed by atoms with Gasteiger partial charge in [0, 0.05) is 55.1 Å². The molecular formula is C37H36BN6O3. The van der Waals surface area contributed by atoms with E-state index in [0.717, 1.165) is 83.7 Å². The van der Waals surface area contributed by atoms with E-state index >= 15 is 0 Å². The molecule has 47 heavy (non-hydrogen) atoms. The van der Waals surface area contributed by atoms with E-state index < -0.39 is 0 Å². The van der Waals surface area contributed by atoms with E-state index in [2.05, 4.69) is 75.1 Å². The zero-order valence-corrected chi connectivity index (χ0v) is 26.5. The number of carbonyl (C=O) groups excluding carboxylic acids is 2. The Bertz CT molecular complexity index is 1960. The molecule has 4 heterocycles. The number of piperazine rings is 1. The number of fused-ring (bicyclic) bond motifs is 2. The van der Waals surface area contributed by atoms with Gasteiger partial charge in [-0.2, -0.15) is 0 Å². The monoisotopic (exact) mass is 623 g/mol. The molecule has 5 aromatic rings. The van der Waals surface area contributed by atoms with E-state index in [-0.39, 0.29) is 5.91 Å². The second kappa shape index (κ2) is 12.4. The Morgan fingerprint density at radius 3 is 2.57 bits per heavy atom. The molecule has 3 aromatic carbocycles. The molecule has 1 N–H and O–H groups in total. The molecule has 0 bridgehead atoms. The molecule has 2 aromatic heterocycles. The fraction of sp³-hybridized carbons (Fsp3) is 0.297. The fourth-order valence-electron chi connectivity index (χ4n) is 6.92. The summed E-state index contributed by atoms with van der Waals surface area (Å²) in [5.74, 6) is 1.25. The number of amides is 1. The van der Waals surface area contributed by atoms with Crippen LogP contribution in [0.3, 0.4) is 0 Å². The quantitative estimate of drug-likeness (QED) is 0.182. The lowest BCUT2D eigenvalue weighted by Crippen LogP contribution is -2.47. The van der Waals surface area contributed by atoms with Crippen LogP contribution in [0.5, 0.6) is 5.75 Å². The number of carbonyl (C=O) groups is 2. The van der Waals surface area contributed by atoms with E-state index in [1.54, 1.807) is 13.7 Å². The van der Waals surface area contributed by atoms with Gasteiger partial charge in [0.05, 0.1) is 24.0 Å². The lowest BCUT2D eigenvalue weighted by atomic mass is 9.93. The summed E-state index contributed by atoms with van der Waals surface area (Å²) in [6, 6.07) is 22.9. The summed E-state index contributed by atoms with van der Waals surface area (Å²) in [5, 5.41) is 0.931. The first-order chi connectivity index (χ1) is 23.1. The maximum absolute atomic E-state index is 13.9. The molecule has 1 saturated carbocycles. The highest BCUT2D eigenvalue weighted by atomic mass is 16.5. The van der Waals surface area contributed by atoms with Gasteiger partial charge in [-0.1, -0.05) is 42.5 Å². The minimum absolute atomic E-state index is 0.0426. The molecule has 235 valence electrons. The highest BCUT2D eigenvalue weighted by Gasteiger charge is 2.30. The standard InChI is InChI=1S/C37H36BN6O3/c1-24-29(3-2-4-33(24)44-17-18-47-34-19-28(26-9-10-26)11-12-30(34)37(44)46)35-31-20-32(41-36(31)40-23-39-35)27-7-5-25(6-8-27)21-42-13-15-43(16-14-42)38-22-45/h2-8,11-12,19-20,22-23,26H,9-10,13-18,21H2,1H3,(H,39,40,41). The summed E-state index contributed by atoms with van der Waals surface area (Å²) in [6.07, 6.45) is 4.87. The highest BCUT2D eigenvalue weighted by molar-refractivity contribution is 6.64. The Balaban J connectivity index is 1.04. The van der Waals surface area contributed by atoms with Crippen LogP contribution in [0.25, 0.3) is 33.5 Å². The second-order valence-electron chi connectivity index (χ2n) is 12.7. The van der Waals surface area contributed by atoms with Crippen LogP contribution in [0.1, 0.15) is 45.8 Å². The van der Waals surface area contributed by atoms with Crippen molar-refractivity contribution in [1.82, 2.24) is 24.7 Å². The zero-order valence-electron chi connectivity index (χ0n) is 26.5. The number of hydrogen-bond acceptors (Lipinski definition) is 7. The third-order valence-electron chi connectivity index (χ3n) is 9.73. The van der Waals surface area contributed by atoms with Gasteiger partial charge >= 0.3 is 0 Å². The van der Waals surface area contributed by atoms with Crippen molar-refractivity contribution in [3.05, 3.63) is 95.3 Å². The molecule has 0 spiro atoms. The van der Waals surface area contributed by atoms with Gasteiger partial charge < -0.3 is 24.2 Å². The predicted molar refractivity (Wildman–Crippen MR) is 184 cm³/mol. The molecule has 1 radical (unpaired) electrons. The molecular weight excluding hydrogens is 587 g/mol. The maximum atomic E-state index is 13.9. The van der Waals surface area contributed by atoms with E-state index in [4.69, 9.17) is 9.72 Å². The van der Waals surface area contributed by atoms with Gasteiger partial charge in [0.2, 0.25) is 0 Å². The highest BCUT2D eigenvalue weighted by Crippen LogP contribution is 2.42. The van der Waals surface area contributed by atoms with Gasteiger partial charge in [-0.05, 0) is 72.2 Å². The number of aromatic nitrogens is 3. The zero-order chi connectivity index (χ0) is 31.9. The molecule has 1 amide bonds. The molecule has 10 heteroatoms. The largest absolute Gasteiger partial charge is 0.491 e. The molecule has 0 unspecified atom stereocenters. The number of rotatable bonds is 8. The number of H-pyrrole nitrogens is 1. The van der Waals surface area contributed by atoms with Crippen molar-refractivity contribution in [2.75, 3.05) is 44.2 Å². The molecule has 3 aliphatic rings. The van der Waals surface area contributed by atoms with E-state index in [9.17, 15) is 9.59 Å². The number of benzene rings is 3. The first-order valence-electron chi connectivity index (χ1n) is 16.4. The topological polar surface area (TPSA) is 94.7 Å². The number of nitrogens with zero attached hydrogens (tertiary/aromatic N) is 5. The summed E-state index contributed by atoms with van der Waals surface area (Å²) in [5.41, 5.74) is 9.57. The van der Waals surface area contributed by atoms with Crippen LogP contribution < -0.4 is 9.64 Å². The van der Waals surface area contributed by atoms with Crippen LogP contribution >= 0.6 is 0 Å². The van der Waals surface area contributed by atoms with Crippen molar-refractivity contribution in [3.8, 4) is 28.3 Å². The summed E-state index contributed by atoms with van der Waals surface area (Å²) < 4.78 is 6.10. The van der Waals surface area contributed by atoms with Crippen LogP contribution in [-0.2, 0) is 11.3 Å². The molecule has 9 nitrogen and oxygen atoms in total. The predicted octanol–water partition coefficient (Wildman–Crippen LogP) is 5.44. The average Bonchev–Trinajstić information content (AvgIpc) is 3.88. The molecule has 1 saturated heterocycles. The Hall–Kier alpha value is -4.80. The van der Waals surface area contributed by atoms with E-state index in [1.807, 2.05) is 23.1 Å². The summed E-state index contributed by atoms with van der Waals surface area (Å²) in [4.78, 5) is 43.8. The van der Waals surface area contributed by atoms with Crippen LogP contribution in [0.2, 0.25) is 0 Å². The van der Waals surface area contributed by atoms with Gasteiger partial charge in [0.25, 0.3) is 13.3 Å².